The minimum atomic E-state index is -0.358. The fourth-order valence-electron chi connectivity index (χ4n) is 1.44. The summed E-state index contributed by atoms with van der Waals surface area (Å²) in [5.41, 5.74) is 1.15. The Bertz CT molecular complexity index is 350. The van der Waals surface area contributed by atoms with Gasteiger partial charge >= 0.3 is 0 Å². The standard InChI is InChI=1S/C9H10N2O2S/c12-11(13)8-3-1-2-7(6-8)9-10-4-5-14-9/h1-3,6,9-10H,4-5H2. The van der Waals surface area contributed by atoms with Crippen molar-refractivity contribution in [2.24, 2.45) is 0 Å². The van der Waals surface area contributed by atoms with Crippen molar-refractivity contribution in [2.75, 3.05) is 12.3 Å². The molecule has 1 aromatic carbocycles. The molecule has 1 aromatic rings. The van der Waals surface area contributed by atoms with Gasteiger partial charge < -0.3 is 5.32 Å². The van der Waals surface area contributed by atoms with Crippen LogP contribution in [0.5, 0.6) is 0 Å². The number of benzene rings is 1. The molecule has 0 aromatic heterocycles. The van der Waals surface area contributed by atoms with E-state index in [-0.39, 0.29) is 16.0 Å². The third-order valence-electron chi connectivity index (χ3n) is 2.10. The van der Waals surface area contributed by atoms with Crippen LogP contribution in [-0.2, 0) is 0 Å². The van der Waals surface area contributed by atoms with Crippen LogP contribution in [-0.4, -0.2) is 17.2 Å². The van der Waals surface area contributed by atoms with Crippen LogP contribution in [0.4, 0.5) is 5.69 Å². The lowest BCUT2D eigenvalue weighted by Gasteiger charge is -2.08. The molecule has 1 N–H and O–H groups in total. The minimum Gasteiger partial charge on any atom is -0.301 e. The van der Waals surface area contributed by atoms with Crippen molar-refractivity contribution in [3.63, 3.8) is 0 Å². The Hall–Kier alpha value is -1.07. The van der Waals surface area contributed by atoms with E-state index in [0.29, 0.717) is 0 Å². The van der Waals surface area contributed by atoms with Gasteiger partial charge in [-0.25, -0.2) is 0 Å². The second-order valence-electron chi connectivity index (χ2n) is 3.06. The van der Waals surface area contributed by atoms with E-state index in [1.54, 1.807) is 23.9 Å². The first kappa shape index (κ1) is 9.48. The van der Waals surface area contributed by atoms with E-state index in [9.17, 15) is 10.1 Å². The average Bonchev–Trinajstić information content (AvgIpc) is 2.71. The van der Waals surface area contributed by atoms with Crippen molar-refractivity contribution in [1.82, 2.24) is 5.32 Å². The second-order valence-corrected chi connectivity index (χ2v) is 4.27. The van der Waals surface area contributed by atoms with Crippen LogP contribution < -0.4 is 5.32 Å². The number of rotatable bonds is 2. The largest absolute Gasteiger partial charge is 0.301 e. The summed E-state index contributed by atoms with van der Waals surface area (Å²) in [5, 5.41) is 14.0. The monoisotopic (exact) mass is 210 g/mol. The van der Waals surface area contributed by atoms with E-state index in [0.717, 1.165) is 17.9 Å². The minimum absolute atomic E-state index is 0.164. The maximum absolute atomic E-state index is 10.5. The zero-order chi connectivity index (χ0) is 9.97. The highest BCUT2D eigenvalue weighted by molar-refractivity contribution is 7.99. The van der Waals surface area contributed by atoms with Gasteiger partial charge in [-0.05, 0) is 5.56 Å². The molecule has 5 heteroatoms. The number of non-ortho nitro benzene ring substituents is 1. The maximum atomic E-state index is 10.5. The third kappa shape index (κ3) is 1.88. The first-order chi connectivity index (χ1) is 6.77. The number of nitrogens with zero attached hydrogens (tertiary/aromatic N) is 1. The molecule has 0 aliphatic carbocycles. The fraction of sp³-hybridized carbons (Fsp3) is 0.333. The van der Waals surface area contributed by atoms with Gasteiger partial charge in [-0.15, -0.1) is 11.8 Å². The molecular weight excluding hydrogens is 200 g/mol. The van der Waals surface area contributed by atoms with E-state index in [1.807, 2.05) is 6.07 Å². The number of nitro benzene ring substituents is 1. The number of thioether (sulfide) groups is 1. The second kappa shape index (κ2) is 3.98. The van der Waals surface area contributed by atoms with Crippen LogP contribution in [0.15, 0.2) is 24.3 Å². The molecule has 1 atom stereocenters. The molecular formula is C9H10N2O2S. The Morgan fingerprint density at radius 3 is 3.07 bits per heavy atom. The first-order valence-electron chi connectivity index (χ1n) is 4.37. The van der Waals surface area contributed by atoms with Crippen LogP contribution in [0.2, 0.25) is 0 Å². The van der Waals surface area contributed by atoms with Gasteiger partial charge in [0.05, 0.1) is 10.3 Å². The molecule has 0 amide bonds. The van der Waals surface area contributed by atoms with E-state index in [1.165, 1.54) is 6.07 Å². The van der Waals surface area contributed by atoms with Crippen LogP contribution in [0.25, 0.3) is 0 Å². The lowest BCUT2D eigenvalue weighted by molar-refractivity contribution is -0.384. The molecule has 0 saturated carbocycles. The van der Waals surface area contributed by atoms with Crippen LogP contribution >= 0.6 is 11.8 Å². The Balaban J connectivity index is 2.25. The summed E-state index contributed by atoms with van der Waals surface area (Å²) in [6.45, 7) is 0.970. The van der Waals surface area contributed by atoms with Gasteiger partial charge in [-0.3, -0.25) is 10.1 Å². The molecule has 1 saturated heterocycles. The molecule has 14 heavy (non-hydrogen) atoms. The molecule has 1 fully saturated rings. The Morgan fingerprint density at radius 2 is 2.43 bits per heavy atom. The summed E-state index contributed by atoms with van der Waals surface area (Å²) in [5.74, 6) is 1.06. The normalized spacial score (nSPS) is 21.0. The topological polar surface area (TPSA) is 55.2 Å². The Morgan fingerprint density at radius 1 is 1.57 bits per heavy atom. The van der Waals surface area contributed by atoms with Crippen LogP contribution in [0.1, 0.15) is 10.9 Å². The number of nitrogens with one attached hydrogen (secondary N) is 1. The van der Waals surface area contributed by atoms with Gasteiger partial charge in [-0.2, -0.15) is 0 Å². The van der Waals surface area contributed by atoms with Gasteiger partial charge in [0.1, 0.15) is 0 Å². The van der Waals surface area contributed by atoms with Gasteiger partial charge in [-0.1, -0.05) is 12.1 Å². The van der Waals surface area contributed by atoms with Crippen LogP contribution in [0.3, 0.4) is 0 Å². The molecule has 0 spiro atoms. The van der Waals surface area contributed by atoms with Crippen LogP contribution in [0, 0.1) is 10.1 Å². The van der Waals surface area contributed by atoms with E-state index in [4.69, 9.17) is 0 Å². The molecule has 1 heterocycles. The molecule has 0 bridgehead atoms. The van der Waals surface area contributed by atoms with Crippen molar-refractivity contribution < 1.29 is 4.92 Å². The summed E-state index contributed by atoms with van der Waals surface area (Å²) in [6.07, 6.45) is 0. The van der Waals surface area contributed by atoms with Crippen molar-refractivity contribution in [2.45, 2.75) is 5.37 Å². The highest BCUT2D eigenvalue weighted by atomic mass is 32.2. The third-order valence-corrected chi connectivity index (χ3v) is 3.31. The van der Waals surface area contributed by atoms with Crippen molar-refractivity contribution in [3.05, 3.63) is 39.9 Å². The van der Waals surface area contributed by atoms with E-state index >= 15 is 0 Å². The Labute approximate surface area is 85.8 Å². The number of hydrogen-bond donors (Lipinski definition) is 1. The lowest BCUT2D eigenvalue weighted by Crippen LogP contribution is -2.11. The highest BCUT2D eigenvalue weighted by Gasteiger charge is 2.18. The zero-order valence-corrected chi connectivity index (χ0v) is 8.29. The predicted octanol–water partition coefficient (Wildman–Crippen LogP) is 1.93. The smallest absolute Gasteiger partial charge is 0.269 e. The quantitative estimate of drug-likeness (QED) is 0.598. The lowest BCUT2D eigenvalue weighted by atomic mass is 10.2. The van der Waals surface area contributed by atoms with Gasteiger partial charge in [0.25, 0.3) is 5.69 Å². The first-order valence-corrected chi connectivity index (χ1v) is 5.41. The van der Waals surface area contributed by atoms with E-state index < -0.39 is 0 Å². The highest BCUT2D eigenvalue weighted by Crippen LogP contribution is 2.31. The molecule has 1 aliphatic rings. The fourth-order valence-corrected chi connectivity index (χ4v) is 2.49. The van der Waals surface area contributed by atoms with Gasteiger partial charge in [0, 0.05) is 24.4 Å². The van der Waals surface area contributed by atoms with Crippen molar-refractivity contribution >= 4 is 17.4 Å². The van der Waals surface area contributed by atoms with E-state index in [2.05, 4.69) is 5.32 Å². The average molecular weight is 210 g/mol. The molecule has 0 radical (unpaired) electrons. The number of nitro groups is 1. The summed E-state index contributed by atoms with van der Waals surface area (Å²) < 4.78 is 0. The number of hydrogen-bond acceptors (Lipinski definition) is 4. The van der Waals surface area contributed by atoms with Gasteiger partial charge in [0.2, 0.25) is 0 Å². The summed E-state index contributed by atoms with van der Waals surface area (Å²) in [4.78, 5) is 10.2. The summed E-state index contributed by atoms with van der Waals surface area (Å²) in [7, 11) is 0. The molecule has 2 rings (SSSR count). The zero-order valence-electron chi connectivity index (χ0n) is 7.47. The molecule has 4 nitrogen and oxygen atoms in total. The molecule has 1 aliphatic heterocycles. The summed E-state index contributed by atoms with van der Waals surface area (Å²) in [6, 6.07) is 6.80. The molecule has 74 valence electrons. The van der Waals surface area contributed by atoms with Gasteiger partial charge in [0.15, 0.2) is 0 Å². The maximum Gasteiger partial charge on any atom is 0.269 e. The Kier molecular flexibility index (Phi) is 2.69. The van der Waals surface area contributed by atoms with Crippen molar-refractivity contribution in [1.29, 1.82) is 0 Å². The molecule has 1 unspecified atom stereocenters. The SMILES string of the molecule is O=[N+]([O-])c1cccc(C2NCCS2)c1. The summed E-state index contributed by atoms with van der Waals surface area (Å²) >= 11 is 1.78. The van der Waals surface area contributed by atoms with Crippen molar-refractivity contribution in [3.8, 4) is 0 Å². The predicted molar refractivity (Wildman–Crippen MR) is 56.3 cm³/mol.